The van der Waals surface area contributed by atoms with E-state index in [-0.39, 0.29) is 23.8 Å². The fourth-order valence-electron chi connectivity index (χ4n) is 2.79. The summed E-state index contributed by atoms with van der Waals surface area (Å²) >= 11 is 0. The molecule has 0 aromatic carbocycles. The molecular weight excluding hydrogens is 320 g/mol. The van der Waals surface area contributed by atoms with Gasteiger partial charge in [-0.2, -0.15) is 0 Å². The van der Waals surface area contributed by atoms with Gasteiger partial charge in [-0.15, -0.1) is 0 Å². The molecule has 2 fully saturated rings. The van der Waals surface area contributed by atoms with E-state index in [4.69, 9.17) is 0 Å². The van der Waals surface area contributed by atoms with Gasteiger partial charge in [-0.1, -0.05) is 20.8 Å². The minimum Gasteiger partial charge on any atom is -0.352 e. The third-order valence-corrected chi connectivity index (χ3v) is 4.88. The van der Waals surface area contributed by atoms with Crippen LogP contribution >= 0.6 is 0 Å². The molecule has 7 heteroatoms. The zero-order chi connectivity index (χ0) is 18.8. The van der Waals surface area contributed by atoms with Crippen molar-refractivity contribution in [2.75, 3.05) is 26.2 Å². The molecule has 0 bridgehead atoms. The Balaban J connectivity index is 1.79. The van der Waals surface area contributed by atoms with Crippen LogP contribution in [0.25, 0.3) is 0 Å². The van der Waals surface area contributed by atoms with Gasteiger partial charge in [0, 0.05) is 37.6 Å². The molecule has 2 aliphatic rings. The van der Waals surface area contributed by atoms with Gasteiger partial charge >= 0.3 is 0 Å². The largest absolute Gasteiger partial charge is 0.352 e. The van der Waals surface area contributed by atoms with Crippen LogP contribution in [0, 0.1) is 5.41 Å². The van der Waals surface area contributed by atoms with Crippen LogP contribution in [0.5, 0.6) is 0 Å². The molecule has 3 amide bonds. The maximum Gasteiger partial charge on any atom is 0.244 e. The van der Waals surface area contributed by atoms with E-state index in [1.807, 2.05) is 27.7 Å². The Kier molecular flexibility index (Phi) is 6.08. The lowest BCUT2D eigenvalue weighted by Gasteiger charge is -2.38. The first-order valence-electron chi connectivity index (χ1n) is 9.23. The van der Waals surface area contributed by atoms with Crippen molar-refractivity contribution in [3.05, 3.63) is 0 Å². The molecule has 2 atom stereocenters. The first-order chi connectivity index (χ1) is 11.6. The fraction of sp³-hybridized carbons (Fsp3) is 0.833. The number of nitrogens with one attached hydrogen (secondary N) is 2. The van der Waals surface area contributed by atoms with Gasteiger partial charge in [0.15, 0.2) is 0 Å². The Morgan fingerprint density at radius 2 is 1.56 bits per heavy atom. The van der Waals surface area contributed by atoms with E-state index in [2.05, 4.69) is 15.5 Å². The lowest BCUT2D eigenvalue weighted by Crippen LogP contribution is -2.58. The molecule has 2 unspecified atom stereocenters. The highest BCUT2D eigenvalue weighted by Crippen LogP contribution is 2.19. The summed E-state index contributed by atoms with van der Waals surface area (Å²) in [5.74, 6) is -0.113. The van der Waals surface area contributed by atoms with Gasteiger partial charge in [0.25, 0.3) is 0 Å². The molecule has 1 heterocycles. The first-order valence-corrected chi connectivity index (χ1v) is 9.23. The zero-order valence-electron chi connectivity index (χ0n) is 16.1. The number of rotatable bonds is 5. The van der Waals surface area contributed by atoms with Crippen molar-refractivity contribution in [1.82, 2.24) is 20.4 Å². The molecule has 1 aliphatic heterocycles. The molecule has 1 saturated carbocycles. The number of nitrogens with zero attached hydrogens (tertiary/aromatic N) is 2. The van der Waals surface area contributed by atoms with Crippen molar-refractivity contribution in [3.63, 3.8) is 0 Å². The third-order valence-electron chi connectivity index (χ3n) is 4.88. The Hall–Kier alpha value is -1.63. The summed E-state index contributed by atoms with van der Waals surface area (Å²) in [5, 5.41) is 5.82. The third kappa shape index (κ3) is 5.42. The molecule has 142 valence electrons. The minimum atomic E-state index is -0.533. The lowest BCUT2D eigenvalue weighted by atomic mass is 9.95. The molecule has 1 aliphatic carbocycles. The number of hydrogen-bond acceptors (Lipinski definition) is 4. The lowest BCUT2D eigenvalue weighted by molar-refractivity contribution is -0.140. The van der Waals surface area contributed by atoms with E-state index < -0.39 is 11.5 Å². The van der Waals surface area contributed by atoms with Crippen LogP contribution in [0.1, 0.15) is 47.5 Å². The monoisotopic (exact) mass is 352 g/mol. The summed E-state index contributed by atoms with van der Waals surface area (Å²) in [4.78, 5) is 40.6. The van der Waals surface area contributed by atoms with Crippen molar-refractivity contribution in [3.8, 4) is 0 Å². The normalized spacial score (nSPS) is 21.4. The van der Waals surface area contributed by atoms with E-state index in [0.29, 0.717) is 32.2 Å². The number of carbonyl (C=O) groups excluding carboxylic acids is 3. The second-order valence-electron chi connectivity index (χ2n) is 8.27. The van der Waals surface area contributed by atoms with Gasteiger partial charge in [-0.3, -0.25) is 19.3 Å². The van der Waals surface area contributed by atoms with Gasteiger partial charge < -0.3 is 15.5 Å². The molecule has 25 heavy (non-hydrogen) atoms. The summed E-state index contributed by atoms with van der Waals surface area (Å²) in [6.45, 7) is 11.6. The van der Waals surface area contributed by atoms with Crippen LogP contribution in [0.3, 0.4) is 0 Å². The van der Waals surface area contributed by atoms with Gasteiger partial charge in [0.2, 0.25) is 17.7 Å². The zero-order valence-corrected chi connectivity index (χ0v) is 16.1. The first kappa shape index (κ1) is 19.7. The molecule has 0 spiro atoms. The van der Waals surface area contributed by atoms with Crippen LogP contribution in [-0.4, -0.2) is 71.8 Å². The number of hydrogen-bond donors (Lipinski definition) is 2. The second-order valence-corrected chi connectivity index (χ2v) is 8.27. The highest BCUT2D eigenvalue weighted by atomic mass is 16.2. The van der Waals surface area contributed by atoms with Crippen molar-refractivity contribution in [2.24, 2.45) is 5.41 Å². The highest BCUT2D eigenvalue weighted by Gasteiger charge is 2.32. The van der Waals surface area contributed by atoms with Crippen LogP contribution in [0.15, 0.2) is 0 Å². The Morgan fingerprint density at radius 3 is 2.04 bits per heavy atom. The maximum atomic E-state index is 12.5. The number of amides is 3. The van der Waals surface area contributed by atoms with Crippen molar-refractivity contribution in [1.29, 1.82) is 0 Å². The maximum absolute atomic E-state index is 12.5. The van der Waals surface area contributed by atoms with Crippen LogP contribution < -0.4 is 10.6 Å². The number of carbonyl (C=O) groups is 3. The van der Waals surface area contributed by atoms with Crippen LogP contribution in [0.2, 0.25) is 0 Å². The molecular formula is C18H32N4O3. The molecule has 0 aromatic rings. The van der Waals surface area contributed by atoms with Gasteiger partial charge in [-0.05, 0) is 26.7 Å². The molecule has 1 saturated heterocycles. The van der Waals surface area contributed by atoms with E-state index in [1.54, 1.807) is 11.8 Å². The van der Waals surface area contributed by atoms with Gasteiger partial charge in [0.05, 0.1) is 6.04 Å². The summed E-state index contributed by atoms with van der Waals surface area (Å²) < 4.78 is 0. The Labute approximate surface area is 150 Å². The fourth-order valence-corrected chi connectivity index (χ4v) is 2.79. The molecule has 2 N–H and O–H groups in total. The summed E-state index contributed by atoms with van der Waals surface area (Å²) in [6, 6.07) is -0.338. The molecule has 2 rings (SSSR count). The predicted molar refractivity (Wildman–Crippen MR) is 95.8 cm³/mol. The smallest absolute Gasteiger partial charge is 0.244 e. The van der Waals surface area contributed by atoms with Crippen molar-refractivity contribution in [2.45, 2.75) is 65.6 Å². The van der Waals surface area contributed by atoms with Crippen LogP contribution in [0.4, 0.5) is 0 Å². The van der Waals surface area contributed by atoms with Gasteiger partial charge in [-0.25, -0.2) is 0 Å². The Bertz CT molecular complexity index is 517. The number of piperazine rings is 1. The van der Waals surface area contributed by atoms with Crippen molar-refractivity contribution >= 4 is 17.7 Å². The topological polar surface area (TPSA) is 81.8 Å². The van der Waals surface area contributed by atoms with Gasteiger partial charge in [0.1, 0.15) is 6.04 Å². The average Bonchev–Trinajstić information content (AvgIpc) is 3.36. The summed E-state index contributed by atoms with van der Waals surface area (Å²) in [6.07, 6.45) is 2.16. The predicted octanol–water partition coefficient (Wildman–Crippen LogP) is 0.349. The minimum absolute atomic E-state index is 0.0627. The van der Waals surface area contributed by atoms with E-state index >= 15 is 0 Å². The molecule has 0 radical (unpaired) electrons. The quantitative estimate of drug-likeness (QED) is 0.748. The summed E-state index contributed by atoms with van der Waals surface area (Å²) in [7, 11) is 0. The highest BCUT2D eigenvalue weighted by molar-refractivity contribution is 5.89. The van der Waals surface area contributed by atoms with E-state index in [0.717, 1.165) is 12.8 Å². The van der Waals surface area contributed by atoms with E-state index in [9.17, 15) is 14.4 Å². The second kappa shape index (κ2) is 7.72. The Morgan fingerprint density at radius 1 is 1.00 bits per heavy atom. The molecule has 0 aromatic heterocycles. The standard InChI is InChI=1S/C18H32N4O3/c1-12(19-17(25)18(3,4)5)16(24)22-10-8-21(9-11-22)13(2)15(23)20-14-6-7-14/h12-14H,6-11H2,1-5H3,(H,19,25)(H,20,23). The summed E-state index contributed by atoms with van der Waals surface area (Å²) in [5.41, 5.74) is -0.516. The van der Waals surface area contributed by atoms with Crippen LogP contribution in [-0.2, 0) is 14.4 Å². The molecule has 7 nitrogen and oxygen atoms in total. The van der Waals surface area contributed by atoms with E-state index in [1.165, 1.54) is 0 Å². The van der Waals surface area contributed by atoms with Crippen molar-refractivity contribution < 1.29 is 14.4 Å². The SMILES string of the molecule is CC(NC(=O)C(C)(C)C)C(=O)N1CCN(C(C)C(=O)NC2CC2)CC1. The average molecular weight is 352 g/mol.